The van der Waals surface area contributed by atoms with Gasteiger partial charge in [0.2, 0.25) is 0 Å². The Kier molecular flexibility index (Phi) is 2.98. The van der Waals surface area contributed by atoms with Crippen molar-refractivity contribution in [3.05, 3.63) is 41.6 Å². The molecule has 0 atom stereocenters. The summed E-state index contributed by atoms with van der Waals surface area (Å²) >= 11 is 0. The molecule has 22 heavy (non-hydrogen) atoms. The van der Waals surface area contributed by atoms with Crippen LogP contribution in [-0.4, -0.2) is 20.8 Å². The van der Waals surface area contributed by atoms with Crippen LogP contribution in [0, 0.1) is 0 Å². The number of nitrogens with zero attached hydrogens (tertiary/aromatic N) is 2. The minimum atomic E-state index is -4.43. The summed E-state index contributed by atoms with van der Waals surface area (Å²) in [6.45, 7) is 0. The number of rotatable bonds is 2. The number of hydrogen-bond donors (Lipinski definition) is 1. The van der Waals surface area contributed by atoms with Gasteiger partial charge in [0.25, 0.3) is 0 Å². The predicted octanol–water partition coefficient (Wildman–Crippen LogP) is 3.55. The fourth-order valence-corrected chi connectivity index (χ4v) is 2.24. The van der Waals surface area contributed by atoms with Crippen molar-refractivity contribution in [3.63, 3.8) is 0 Å². The molecule has 0 bridgehead atoms. The van der Waals surface area contributed by atoms with E-state index in [0.29, 0.717) is 16.6 Å². The molecule has 2 aromatic heterocycles. The van der Waals surface area contributed by atoms with Gasteiger partial charge in [-0.15, -0.1) is 0 Å². The molecule has 8 heteroatoms. The monoisotopic (exact) mass is 310 g/mol. The van der Waals surface area contributed by atoms with Crippen molar-refractivity contribution in [1.29, 1.82) is 0 Å². The van der Waals surface area contributed by atoms with E-state index in [9.17, 15) is 18.0 Å². The van der Waals surface area contributed by atoms with Gasteiger partial charge in [0.15, 0.2) is 11.5 Å². The molecule has 0 radical (unpaired) electrons. The highest BCUT2D eigenvalue weighted by Crippen LogP contribution is 2.34. The molecule has 0 spiro atoms. The lowest BCUT2D eigenvalue weighted by Gasteiger charge is -2.07. The number of hydrogen-bond acceptors (Lipinski definition) is 3. The molecule has 0 aliphatic rings. The lowest BCUT2D eigenvalue weighted by molar-refractivity contribution is -0.137. The Hall–Kier alpha value is -2.77. The van der Waals surface area contributed by atoms with Gasteiger partial charge in [-0.05, 0) is 18.2 Å². The van der Waals surface area contributed by atoms with E-state index < -0.39 is 17.7 Å². The topological polar surface area (TPSA) is 68.3 Å². The van der Waals surface area contributed by atoms with Crippen LogP contribution in [0.25, 0.3) is 22.4 Å². The molecule has 0 amide bonds. The molecule has 1 aromatic carbocycles. The van der Waals surface area contributed by atoms with Crippen molar-refractivity contribution in [1.82, 2.24) is 9.72 Å². The lowest BCUT2D eigenvalue weighted by atomic mass is 10.1. The zero-order valence-electron chi connectivity index (χ0n) is 11.2. The van der Waals surface area contributed by atoms with Crippen LogP contribution in [0.4, 0.5) is 13.2 Å². The maximum atomic E-state index is 12.8. The molecule has 5 nitrogen and oxygen atoms in total. The van der Waals surface area contributed by atoms with Crippen LogP contribution in [0.3, 0.4) is 0 Å². The highest BCUT2D eigenvalue weighted by molar-refractivity contribution is 5.89. The summed E-state index contributed by atoms with van der Waals surface area (Å²) in [6, 6.07) is 6.22. The fourth-order valence-electron chi connectivity index (χ4n) is 2.24. The molecular formula is C14H9F3N2O3. The minimum absolute atomic E-state index is 0.171. The van der Waals surface area contributed by atoms with E-state index in [4.69, 9.17) is 9.63 Å². The SMILES string of the molecule is Cn1c(-c2cc(C(=O)O)no2)cc2ccc(C(F)(F)F)cc21. The fraction of sp³-hybridized carbons (Fsp3) is 0.143. The number of aryl methyl sites for hydroxylation is 1. The average Bonchev–Trinajstić information content (AvgIpc) is 3.03. The zero-order chi connectivity index (χ0) is 16.1. The molecule has 0 unspecified atom stereocenters. The van der Waals surface area contributed by atoms with Crippen molar-refractivity contribution in [3.8, 4) is 11.5 Å². The second kappa shape index (κ2) is 4.62. The highest BCUT2D eigenvalue weighted by Gasteiger charge is 2.31. The molecule has 0 saturated carbocycles. The van der Waals surface area contributed by atoms with E-state index >= 15 is 0 Å². The van der Waals surface area contributed by atoms with Crippen LogP contribution in [0.15, 0.2) is 34.9 Å². The van der Waals surface area contributed by atoms with Crippen LogP contribution in [-0.2, 0) is 13.2 Å². The first-order chi connectivity index (χ1) is 10.3. The number of benzene rings is 1. The Labute approximate surface area is 121 Å². The molecule has 114 valence electrons. The summed E-state index contributed by atoms with van der Waals surface area (Å²) in [5.74, 6) is -1.07. The maximum Gasteiger partial charge on any atom is 0.416 e. The summed E-state index contributed by atoms with van der Waals surface area (Å²) in [7, 11) is 1.57. The van der Waals surface area contributed by atoms with Gasteiger partial charge >= 0.3 is 12.1 Å². The van der Waals surface area contributed by atoms with Gasteiger partial charge in [-0.2, -0.15) is 13.2 Å². The number of fused-ring (bicyclic) bond motifs is 1. The Morgan fingerprint density at radius 1 is 1.27 bits per heavy atom. The maximum absolute atomic E-state index is 12.8. The number of aromatic nitrogens is 2. The van der Waals surface area contributed by atoms with Crippen LogP contribution in [0.5, 0.6) is 0 Å². The molecule has 0 fully saturated rings. The van der Waals surface area contributed by atoms with Gasteiger partial charge < -0.3 is 14.2 Å². The number of carbonyl (C=O) groups is 1. The average molecular weight is 310 g/mol. The van der Waals surface area contributed by atoms with Gasteiger partial charge in [0.1, 0.15) is 0 Å². The molecule has 2 heterocycles. The first-order valence-corrected chi connectivity index (χ1v) is 6.14. The van der Waals surface area contributed by atoms with E-state index in [-0.39, 0.29) is 11.5 Å². The third-order valence-electron chi connectivity index (χ3n) is 3.35. The molecule has 0 saturated heterocycles. The molecule has 3 aromatic rings. The van der Waals surface area contributed by atoms with Crippen molar-refractivity contribution < 1.29 is 27.6 Å². The number of aromatic carboxylic acids is 1. The molecular weight excluding hydrogens is 301 g/mol. The van der Waals surface area contributed by atoms with Crippen LogP contribution in [0.2, 0.25) is 0 Å². The highest BCUT2D eigenvalue weighted by atomic mass is 19.4. The predicted molar refractivity (Wildman–Crippen MR) is 70.4 cm³/mol. The first-order valence-electron chi connectivity index (χ1n) is 6.14. The summed E-state index contributed by atoms with van der Waals surface area (Å²) < 4.78 is 44.7. The van der Waals surface area contributed by atoms with Crippen molar-refractivity contribution in [2.24, 2.45) is 7.05 Å². The van der Waals surface area contributed by atoms with E-state index in [2.05, 4.69) is 5.16 Å². The summed E-state index contributed by atoms with van der Waals surface area (Å²) in [5, 5.41) is 12.8. The van der Waals surface area contributed by atoms with E-state index in [1.807, 2.05) is 0 Å². The van der Waals surface area contributed by atoms with Crippen molar-refractivity contribution >= 4 is 16.9 Å². The Morgan fingerprint density at radius 2 is 2.00 bits per heavy atom. The van der Waals surface area contributed by atoms with Crippen molar-refractivity contribution in [2.45, 2.75) is 6.18 Å². The van der Waals surface area contributed by atoms with Crippen LogP contribution >= 0.6 is 0 Å². The molecule has 3 rings (SSSR count). The third kappa shape index (κ3) is 2.22. The standard InChI is InChI=1S/C14H9F3N2O3/c1-19-10-5-8(14(15,16)17)3-2-7(10)4-11(19)12-6-9(13(20)21)18-22-12/h2-6H,1H3,(H,20,21). The normalized spacial score (nSPS) is 12.0. The van der Waals surface area contributed by atoms with E-state index in [1.54, 1.807) is 13.1 Å². The molecule has 0 aliphatic carbocycles. The number of carboxylic acid groups (broad SMARTS) is 1. The third-order valence-corrected chi connectivity index (χ3v) is 3.35. The zero-order valence-corrected chi connectivity index (χ0v) is 11.2. The molecule has 1 N–H and O–H groups in total. The van der Waals surface area contributed by atoms with Crippen LogP contribution in [0.1, 0.15) is 16.1 Å². The van der Waals surface area contributed by atoms with Gasteiger partial charge in [-0.1, -0.05) is 11.2 Å². The van der Waals surface area contributed by atoms with Gasteiger partial charge in [0.05, 0.1) is 11.3 Å². The smallest absolute Gasteiger partial charge is 0.416 e. The van der Waals surface area contributed by atoms with Gasteiger partial charge in [-0.3, -0.25) is 0 Å². The van der Waals surface area contributed by atoms with Crippen molar-refractivity contribution in [2.75, 3.05) is 0 Å². The minimum Gasteiger partial charge on any atom is -0.476 e. The van der Waals surface area contributed by atoms with Gasteiger partial charge in [-0.25, -0.2) is 4.79 Å². The summed E-state index contributed by atoms with van der Waals surface area (Å²) in [5.41, 5.74) is -0.222. The largest absolute Gasteiger partial charge is 0.476 e. The number of alkyl halides is 3. The summed E-state index contributed by atoms with van der Waals surface area (Å²) in [6.07, 6.45) is -4.43. The van der Waals surface area contributed by atoms with Crippen LogP contribution < -0.4 is 0 Å². The Morgan fingerprint density at radius 3 is 2.59 bits per heavy atom. The Balaban J connectivity index is 2.15. The number of halogens is 3. The second-order valence-corrected chi connectivity index (χ2v) is 4.74. The second-order valence-electron chi connectivity index (χ2n) is 4.74. The number of carboxylic acids is 1. The lowest BCUT2D eigenvalue weighted by Crippen LogP contribution is -2.04. The quantitative estimate of drug-likeness (QED) is 0.786. The molecule has 0 aliphatic heterocycles. The van der Waals surface area contributed by atoms with E-state index in [0.717, 1.165) is 12.1 Å². The van der Waals surface area contributed by atoms with Gasteiger partial charge in [0, 0.05) is 24.0 Å². The summed E-state index contributed by atoms with van der Waals surface area (Å²) in [4.78, 5) is 10.8. The first kappa shape index (κ1) is 14.2. The van der Waals surface area contributed by atoms with E-state index in [1.165, 1.54) is 16.7 Å². The Bertz CT molecular complexity index is 877.